The van der Waals surface area contributed by atoms with Crippen LogP contribution in [-0.4, -0.2) is 60.6 Å². The van der Waals surface area contributed by atoms with E-state index in [1.54, 1.807) is 0 Å². The normalized spacial score (nSPS) is 26.6. The molecular formula is C16H30N2O2. The first-order valence-corrected chi connectivity index (χ1v) is 8.41. The maximum atomic E-state index is 12.1. The highest BCUT2D eigenvalue weighted by Crippen LogP contribution is 2.23. The Kier molecular flexibility index (Phi) is 6.30. The Morgan fingerprint density at radius 3 is 2.60 bits per heavy atom. The van der Waals surface area contributed by atoms with Gasteiger partial charge in [-0.2, -0.15) is 0 Å². The molecule has 0 radical (unpaired) electrons. The summed E-state index contributed by atoms with van der Waals surface area (Å²) in [4.78, 5) is 17.1. The van der Waals surface area contributed by atoms with E-state index in [1.807, 2.05) is 6.92 Å². The van der Waals surface area contributed by atoms with Crippen LogP contribution < -0.4 is 0 Å². The largest absolute Gasteiger partial charge is 0.465 e. The molecule has 0 amide bonds. The summed E-state index contributed by atoms with van der Waals surface area (Å²) in [6.45, 7) is 9.11. The van der Waals surface area contributed by atoms with E-state index in [1.165, 1.54) is 38.8 Å². The molecule has 2 heterocycles. The third-order valence-electron chi connectivity index (χ3n) is 4.66. The van der Waals surface area contributed by atoms with Gasteiger partial charge < -0.3 is 4.74 Å². The van der Waals surface area contributed by atoms with Crippen LogP contribution in [0.25, 0.3) is 0 Å². The summed E-state index contributed by atoms with van der Waals surface area (Å²) in [5.74, 6) is -0.0198. The predicted octanol–water partition coefficient (Wildman–Crippen LogP) is 2.28. The van der Waals surface area contributed by atoms with E-state index in [9.17, 15) is 4.79 Å². The van der Waals surface area contributed by atoms with Crippen molar-refractivity contribution in [3.63, 3.8) is 0 Å². The van der Waals surface area contributed by atoms with Crippen molar-refractivity contribution in [2.45, 2.75) is 64.5 Å². The van der Waals surface area contributed by atoms with E-state index in [4.69, 9.17) is 4.74 Å². The molecule has 2 saturated heterocycles. The van der Waals surface area contributed by atoms with Gasteiger partial charge >= 0.3 is 5.97 Å². The molecule has 2 aliphatic rings. The van der Waals surface area contributed by atoms with E-state index in [2.05, 4.69) is 16.7 Å². The number of carbonyl (C=O) groups excluding carboxylic acids is 1. The smallest absolute Gasteiger partial charge is 0.323 e. The molecular weight excluding hydrogens is 252 g/mol. The molecule has 2 aliphatic heterocycles. The molecule has 0 saturated carbocycles. The molecule has 0 bridgehead atoms. The number of esters is 1. The van der Waals surface area contributed by atoms with Gasteiger partial charge in [0.2, 0.25) is 0 Å². The van der Waals surface area contributed by atoms with Crippen LogP contribution >= 0.6 is 0 Å². The molecule has 116 valence electrons. The van der Waals surface area contributed by atoms with Crippen LogP contribution in [0.5, 0.6) is 0 Å². The number of piperidine rings is 1. The minimum absolute atomic E-state index is 0.0188. The number of likely N-dealkylation sites (tertiary alicyclic amines) is 2. The van der Waals surface area contributed by atoms with Gasteiger partial charge in [0.1, 0.15) is 6.04 Å². The van der Waals surface area contributed by atoms with Crippen molar-refractivity contribution >= 4 is 5.97 Å². The van der Waals surface area contributed by atoms with E-state index in [-0.39, 0.29) is 12.0 Å². The Hall–Kier alpha value is -0.610. The topological polar surface area (TPSA) is 32.8 Å². The van der Waals surface area contributed by atoms with E-state index in [0.29, 0.717) is 12.6 Å². The minimum Gasteiger partial charge on any atom is -0.465 e. The second kappa shape index (κ2) is 7.99. The average molecular weight is 282 g/mol. The SMILES string of the molecule is CCCC(C(=O)OCC)N1CCC(N2CCCCC2)C1. The molecule has 2 atom stereocenters. The first kappa shape index (κ1) is 15.8. The summed E-state index contributed by atoms with van der Waals surface area (Å²) in [5, 5.41) is 0. The van der Waals surface area contributed by atoms with Gasteiger partial charge in [-0.15, -0.1) is 0 Å². The fourth-order valence-corrected chi connectivity index (χ4v) is 3.59. The molecule has 2 rings (SSSR count). The van der Waals surface area contributed by atoms with Gasteiger partial charge in [0.05, 0.1) is 6.61 Å². The van der Waals surface area contributed by atoms with Crippen LogP contribution in [0.2, 0.25) is 0 Å². The summed E-state index contributed by atoms with van der Waals surface area (Å²) in [5.41, 5.74) is 0. The number of rotatable bonds is 6. The zero-order chi connectivity index (χ0) is 14.4. The lowest BCUT2D eigenvalue weighted by Crippen LogP contribution is -2.45. The molecule has 0 aromatic rings. The van der Waals surface area contributed by atoms with E-state index < -0.39 is 0 Å². The van der Waals surface area contributed by atoms with E-state index >= 15 is 0 Å². The third-order valence-corrected chi connectivity index (χ3v) is 4.66. The Balaban J connectivity index is 1.89. The first-order valence-electron chi connectivity index (χ1n) is 8.41. The van der Waals surface area contributed by atoms with Gasteiger partial charge in [-0.05, 0) is 45.7 Å². The average Bonchev–Trinajstić information content (AvgIpc) is 2.95. The lowest BCUT2D eigenvalue weighted by Gasteiger charge is -2.33. The van der Waals surface area contributed by atoms with Gasteiger partial charge in [-0.1, -0.05) is 19.8 Å². The predicted molar refractivity (Wildman–Crippen MR) is 80.7 cm³/mol. The molecule has 0 aromatic heterocycles. The highest BCUT2D eigenvalue weighted by Gasteiger charge is 2.35. The number of ether oxygens (including phenoxy) is 1. The van der Waals surface area contributed by atoms with Gasteiger partial charge in [0.15, 0.2) is 0 Å². The van der Waals surface area contributed by atoms with Crippen molar-refractivity contribution in [2.24, 2.45) is 0 Å². The van der Waals surface area contributed by atoms with Crippen molar-refractivity contribution in [2.75, 3.05) is 32.8 Å². The Labute approximate surface area is 123 Å². The maximum Gasteiger partial charge on any atom is 0.323 e. The van der Waals surface area contributed by atoms with Gasteiger partial charge in [-0.25, -0.2) is 0 Å². The lowest BCUT2D eigenvalue weighted by molar-refractivity contribution is -0.149. The summed E-state index contributed by atoms with van der Waals surface area (Å²) < 4.78 is 5.26. The third kappa shape index (κ3) is 3.95. The van der Waals surface area contributed by atoms with Crippen LogP contribution in [0.15, 0.2) is 0 Å². The Morgan fingerprint density at radius 2 is 1.95 bits per heavy atom. The highest BCUT2D eigenvalue weighted by atomic mass is 16.5. The fraction of sp³-hybridized carbons (Fsp3) is 0.938. The zero-order valence-electron chi connectivity index (χ0n) is 13.1. The van der Waals surface area contributed by atoms with Crippen LogP contribution in [0, 0.1) is 0 Å². The number of nitrogens with zero attached hydrogens (tertiary/aromatic N) is 2. The Morgan fingerprint density at radius 1 is 1.20 bits per heavy atom. The molecule has 2 fully saturated rings. The molecule has 0 spiro atoms. The fourth-order valence-electron chi connectivity index (χ4n) is 3.59. The van der Waals surface area contributed by atoms with Crippen molar-refractivity contribution in [1.82, 2.24) is 9.80 Å². The van der Waals surface area contributed by atoms with Crippen LogP contribution in [0.3, 0.4) is 0 Å². The van der Waals surface area contributed by atoms with Crippen molar-refractivity contribution < 1.29 is 9.53 Å². The highest BCUT2D eigenvalue weighted by molar-refractivity contribution is 5.75. The van der Waals surface area contributed by atoms with Crippen molar-refractivity contribution in [3.05, 3.63) is 0 Å². The number of hydrogen-bond donors (Lipinski definition) is 0. The van der Waals surface area contributed by atoms with Crippen molar-refractivity contribution in [1.29, 1.82) is 0 Å². The lowest BCUT2D eigenvalue weighted by atomic mass is 10.1. The van der Waals surface area contributed by atoms with Gasteiger partial charge in [0.25, 0.3) is 0 Å². The van der Waals surface area contributed by atoms with Gasteiger partial charge in [0, 0.05) is 19.1 Å². The van der Waals surface area contributed by atoms with Crippen molar-refractivity contribution in [3.8, 4) is 0 Å². The number of hydrogen-bond acceptors (Lipinski definition) is 4. The summed E-state index contributed by atoms with van der Waals surface area (Å²) in [6, 6.07) is 0.638. The second-order valence-corrected chi connectivity index (χ2v) is 6.09. The molecule has 20 heavy (non-hydrogen) atoms. The quantitative estimate of drug-likeness (QED) is 0.700. The monoisotopic (exact) mass is 282 g/mol. The minimum atomic E-state index is -0.0198. The standard InChI is InChI=1S/C16H30N2O2/c1-3-8-15(16(19)20-4-2)18-12-9-14(13-18)17-10-6-5-7-11-17/h14-15H,3-13H2,1-2H3. The molecule has 2 unspecified atom stereocenters. The van der Waals surface area contributed by atoms with E-state index in [0.717, 1.165) is 25.9 Å². The molecule has 4 nitrogen and oxygen atoms in total. The van der Waals surface area contributed by atoms with Crippen LogP contribution in [-0.2, 0) is 9.53 Å². The first-order chi connectivity index (χ1) is 9.76. The van der Waals surface area contributed by atoms with Gasteiger partial charge in [-0.3, -0.25) is 14.6 Å². The molecule has 0 N–H and O–H groups in total. The summed E-state index contributed by atoms with van der Waals surface area (Å²) in [7, 11) is 0. The molecule has 4 heteroatoms. The molecule has 0 aromatic carbocycles. The maximum absolute atomic E-state index is 12.1. The molecule has 0 aliphatic carbocycles. The number of carbonyl (C=O) groups is 1. The zero-order valence-corrected chi connectivity index (χ0v) is 13.1. The Bertz CT molecular complexity index is 303. The van der Waals surface area contributed by atoms with Crippen LogP contribution in [0.1, 0.15) is 52.4 Å². The summed E-state index contributed by atoms with van der Waals surface area (Å²) >= 11 is 0. The summed E-state index contributed by atoms with van der Waals surface area (Å²) in [6.07, 6.45) is 7.23. The van der Waals surface area contributed by atoms with Crippen LogP contribution in [0.4, 0.5) is 0 Å². The second-order valence-electron chi connectivity index (χ2n) is 6.09.